The number of hydrogen-bond acceptors (Lipinski definition) is 5. The van der Waals surface area contributed by atoms with Crippen molar-refractivity contribution in [1.29, 1.82) is 0 Å². The molecule has 1 amide bonds. The number of methoxy groups -OCH3 is 1. The lowest BCUT2D eigenvalue weighted by Crippen LogP contribution is -2.32. The van der Waals surface area contributed by atoms with Crippen molar-refractivity contribution in [1.82, 2.24) is 4.90 Å². The third kappa shape index (κ3) is 3.59. The van der Waals surface area contributed by atoms with E-state index in [1.54, 1.807) is 36.3 Å². The topological polar surface area (TPSA) is 69.0 Å². The average molecular weight is 407 g/mol. The largest absolute Gasteiger partial charge is 0.494 e. The molecule has 6 heteroatoms. The van der Waals surface area contributed by atoms with Crippen LogP contribution >= 0.6 is 0 Å². The van der Waals surface area contributed by atoms with Crippen molar-refractivity contribution in [2.24, 2.45) is 0 Å². The first-order valence-corrected chi connectivity index (χ1v) is 10.2. The summed E-state index contributed by atoms with van der Waals surface area (Å²) in [6.45, 7) is 3.44. The van der Waals surface area contributed by atoms with E-state index in [4.69, 9.17) is 13.9 Å². The second-order valence-corrected chi connectivity index (χ2v) is 7.34. The zero-order valence-electron chi connectivity index (χ0n) is 17.2. The number of ether oxygens (including phenoxy) is 2. The van der Waals surface area contributed by atoms with E-state index in [2.05, 4.69) is 6.92 Å². The van der Waals surface area contributed by atoms with Gasteiger partial charge in [-0.3, -0.25) is 9.59 Å². The van der Waals surface area contributed by atoms with Gasteiger partial charge in [0.15, 0.2) is 5.43 Å². The fourth-order valence-corrected chi connectivity index (χ4v) is 3.84. The van der Waals surface area contributed by atoms with Crippen molar-refractivity contribution in [3.8, 4) is 5.75 Å². The van der Waals surface area contributed by atoms with Crippen molar-refractivity contribution in [3.63, 3.8) is 0 Å². The number of rotatable bonds is 8. The zero-order valence-corrected chi connectivity index (χ0v) is 17.2. The summed E-state index contributed by atoms with van der Waals surface area (Å²) in [7, 11) is 1.59. The van der Waals surface area contributed by atoms with E-state index in [1.807, 2.05) is 24.3 Å². The molecule has 0 radical (unpaired) electrons. The predicted molar refractivity (Wildman–Crippen MR) is 114 cm³/mol. The van der Waals surface area contributed by atoms with Gasteiger partial charge in [0.1, 0.15) is 11.3 Å². The molecule has 0 bridgehead atoms. The molecule has 2 heterocycles. The molecular weight excluding hydrogens is 382 g/mol. The smallest absolute Gasteiger partial charge is 0.290 e. The molecule has 1 aliphatic heterocycles. The molecule has 6 nitrogen and oxygen atoms in total. The Bertz CT molecular complexity index is 1120. The fourth-order valence-electron chi connectivity index (χ4n) is 3.84. The van der Waals surface area contributed by atoms with E-state index in [0.717, 1.165) is 24.2 Å². The van der Waals surface area contributed by atoms with Crippen LogP contribution in [0.2, 0.25) is 0 Å². The molecule has 0 spiro atoms. The number of hydrogen-bond donors (Lipinski definition) is 0. The van der Waals surface area contributed by atoms with Crippen molar-refractivity contribution >= 4 is 16.9 Å². The van der Waals surface area contributed by atoms with E-state index < -0.39 is 6.04 Å². The number of unbranched alkanes of at least 4 members (excludes halogenated alkanes) is 1. The number of para-hydroxylation sites is 1. The highest BCUT2D eigenvalue weighted by atomic mass is 16.5. The van der Waals surface area contributed by atoms with Gasteiger partial charge in [-0.15, -0.1) is 0 Å². The first-order valence-electron chi connectivity index (χ1n) is 10.2. The minimum Gasteiger partial charge on any atom is -0.494 e. The van der Waals surface area contributed by atoms with Crippen molar-refractivity contribution < 1.29 is 18.7 Å². The van der Waals surface area contributed by atoms with Crippen LogP contribution in [0.15, 0.2) is 57.7 Å². The lowest BCUT2D eigenvalue weighted by molar-refractivity contribution is 0.0663. The van der Waals surface area contributed by atoms with E-state index in [1.165, 1.54) is 0 Å². The number of carbonyl (C=O) groups excluding carboxylic acids is 1. The maximum absolute atomic E-state index is 13.4. The summed E-state index contributed by atoms with van der Waals surface area (Å²) in [5, 5.41) is 0.470. The highest BCUT2D eigenvalue weighted by Gasteiger charge is 2.42. The van der Waals surface area contributed by atoms with Gasteiger partial charge >= 0.3 is 0 Å². The third-order valence-electron chi connectivity index (χ3n) is 5.35. The van der Waals surface area contributed by atoms with E-state index in [-0.39, 0.29) is 17.1 Å². The summed E-state index contributed by atoms with van der Waals surface area (Å²) < 4.78 is 17.0. The number of carbonyl (C=O) groups is 1. The van der Waals surface area contributed by atoms with Crippen LogP contribution in [0.1, 0.15) is 47.5 Å². The Kier molecular flexibility index (Phi) is 5.86. The zero-order chi connectivity index (χ0) is 21.1. The molecule has 0 N–H and O–H groups in total. The molecule has 0 aliphatic carbocycles. The first kappa shape index (κ1) is 20.2. The second-order valence-electron chi connectivity index (χ2n) is 7.34. The van der Waals surface area contributed by atoms with Crippen LogP contribution in [0, 0.1) is 0 Å². The molecule has 1 aromatic heterocycles. The summed E-state index contributed by atoms with van der Waals surface area (Å²) in [6.07, 6.45) is 2.01. The summed E-state index contributed by atoms with van der Waals surface area (Å²) >= 11 is 0. The van der Waals surface area contributed by atoms with Crippen LogP contribution < -0.4 is 10.2 Å². The molecule has 0 unspecified atom stereocenters. The van der Waals surface area contributed by atoms with Gasteiger partial charge in [0.25, 0.3) is 5.91 Å². The maximum Gasteiger partial charge on any atom is 0.290 e. The average Bonchev–Trinajstić information content (AvgIpc) is 3.05. The normalized spacial score (nSPS) is 15.6. The Morgan fingerprint density at radius 3 is 2.70 bits per heavy atom. The van der Waals surface area contributed by atoms with Crippen molar-refractivity contribution in [3.05, 3.63) is 75.6 Å². The second kappa shape index (κ2) is 8.71. The molecule has 0 saturated carbocycles. The standard InChI is InChI=1S/C24H25NO5/c1-3-4-13-29-17-9-7-8-16(15-17)21-20-22(26)18-10-5-6-11-19(18)30-23(20)24(27)25(21)12-14-28-2/h5-11,15,21H,3-4,12-14H2,1-2H3/t21-/m0/s1. The van der Waals surface area contributed by atoms with E-state index in [0.29, 0.717) is 36.3 Å². The van der Waals surface area contributed by atoms with Gasteiger partial charge in [-0.1, -0.05) is 37.6 Å². The predicted octanol–water partition coefficient (Wildman–Crippen LogP) is 4.16. The molecule has 0 saturated heterocycles. The Labute approximate surface area is 175 Å². The quantitative estimate of drug-likeness (QED) is 0.525. The maximum atomic E-state index is 13.4. The Morgan fingerprint density at radius 2 is 1.90 bits per heavy atom. The highest BCUT2D eigenvalue weighted by Crippen LogP contribution is 2.38. The number of benzene rings is 2. The number of amides is 1. The van der Waals surface area contributed by atoms with Gasteiger partial charge in [0.05, 0.1) is 30.2 Å². The monoisotopic (exact) mass is 407 g/mol. The number of fused-ring (bicyclic) bond motifs is 2. The number of nitrogens with zero attached hydrogens (tertiary/aromatic N) is 1. The van der Waals surface area contributed by atoms with Crippen molar-refractivity contribution in [2.75, 3.05) is 26.9 Å². The summed E-state index contributed by atoms with van der Waals surface area (Å²) in [5.41, 5.74) is 1.43. The summed E-state index contributed by atoms with van der Waals surface area (Å²) in [4.78, 5) is 28.2. The van der Waals surface area contributed by atoms with Crippen LogP contribution in [0.5, 0.6) is 5.75 Å². The van der Waals surface area contributed by atoms with Gasteiger partial charge in [0, 0.05) is 13.7 Å². The Balaban J connectivity index is 1.83. The molecule has 1 aliphatic rings. The van der Waals surface area contributed by atoms with Crippen LogP contribution in [0.25, 0.3) is 11.0 Å². The van der Waals surface area contributed by atoms with Gasteiger partial charge < -0.3 is 18.8 Å². The molecule has 156 valence electrons. The lowest BCUT2D eigenvalue weighted by atomic mass is 9.98. The minimum atomic E-state index is -0.543. The van der Waals surface area contributed by atoms with Crippen LogP contribution in [0.4, 0.5) is 0 Å². The van der Waals surface area contributed by atoms with Crippen LogP contribution in [0.3, 0.4) is 0 Å². The molecule has 3 aromatic rings. The van der Waals surface area contributed by atoms with E-state index >= 15 is 0 Å². The van der Waals surface area contributed by atoms with Crippen molar-refractivity contribution in [2.45, 2.75) is 25.8 Å². The Hall–Kier alpha value is -3.12. The van der Waals surface area contributed by atoms with Gasteiger partial charge in [0.2, 0.25) is 5.76 Å². The van der Waals surface area contributed by atoms with Gasteiger partial charge in [-0.25, -0.2) is 0 Å². The lowest BCUT2D eigenvalue weighted by Gasteiger charge is -2.25. The summed E-state index contributed by atoms with van der Waals surface area (Å²) in [6, 6.07) is 14.1. The fraction of sp³-hybridized carbons (Fsp3) is 0.333. The summed E-state index contributed by atoms with van der Waals surface area (Å²) in [5.74, 6) is 0.531. The molecule has 30 heavy (non-hydrogen) atoms. The Morgan fingerprint density at radius 1 is 1.07 bits per heavy atom. The SMILES string of the molecule is CCCCOc1cccc([C@H]2c3c(oc4ccccc4c3=O)C(=O)N2CCOC)c1. The first-order chi connectivity index (χ1) is 14.7. The molecular formula is C24H25NO5. The molecule has 4 rings (SSSR count). The van der Waals surface area contributed by atoms with E-state index in [9.17, 15) is 9.59 Å². The van der Waals surface area contributed by atoms with Crippen LogP contribution in [-0.2, 0) is 4.74 Å². The molecule has 1 atom stereocenters. The molecule has 2 aromatic carbocycles. The minimum absolute atomic E-state index is 0.108. The molecule has 0 fully saturated rings. The highest BCUT2D eigenvalue weighted by molar-refractivity contribution is 5.99. The van der Waals surface area contributed by atoms with Gasteiger partial charge in [-0.2, -0.15) is 0 Å². The third-order valence-corrected chi connectivity index (χ3v) is 5.35. The van der Waals surface area contributed by atoms with Gasteiger partial charge in [-0.05, 0) is 36.2 Å². The van der Waals surface area contributed by atoms with Crippen LogP contribution in [-0.4, -0.2) is 37.7 Å².